The van der Waals surface area contributed by atoms with E-state index >= 15 is 0 Å². The molecule has 0 bridgehead atoms. The highest BCUT2D eigenvalue weighted by Crippen LogP contribution is 2.29. The summed E-state index contributed by atoms with van der Waals surface area (Å²) >= 11 is 5.43. The normalized spacial score (nSPS) is 22.3. The number of aromatic nitrogens is 2. The maximum atomic E-state index is 10.8. The summed E-state index contributed by atoms with van der Waals surface area (Å²) in [5, 5.41) is 19.8. The molecule has 0 unspecified atom stereocenters. The third-order valence-electron chi connectivity index (χ3n) is 8.76. The molecule has 0 amide bonds. The number of carbonyl (C=O) groups is 1. The van der Waals surface area contributed by atoms with E-state index in [1.807, 2.05) is 6.07 Å². The van der Waals surface area contributed by atoms with Crippen molar-refractivity contribution in [3.63, 3.8) is 0 Å². The number of hydrogen-bond donors (Lipinski definition) is 5. The summed E-state index contributed by atoms with van der Waals surface area (Å²) in [5.74, 6) is 2.50. The van der Waals surface area contributed by atoms with Crippen LogP contribution >= 0.6 is 12.2 Å². The Kier molecular flexibility index (Phi) is 12.5. The minimum Gasteiger partial charge on any atom is -0.481 e. The highest BCUT2D eigenvalue weighted by atomic mass is 32.1. The molecule has 10 nitrogen and oxygen atoms in total. The Morgan fingerprint density at radius 2 is 1.65 bits per heavy atom. The van der Waals surface area contributed by atoms with E-state index in [2.05, 4.69) is 30.7 Å². The van der Waals surface area contributed by atoms with Gasteiger partial charge in [0.05, 0.1) is 11.4 Å². The van der Waals surface area contributed by atoms with Gasteiger partial charge in [0.25, 0.3) is 0 Å². The standard InChI is InChI=1S/C29H50N8O2S/c30-25-19-26(36-15-17-37(18-16-36)27(40)11-12-28(38)39)35-29(34-25)33-21-23-9-7-22(8-10-23)20-31-13-4-14-32-24-5-2-1-3-6-24/h19,22-24,31-32H,1-18,20-21H2,(H,38,39)(H3,30,33,34,35). The summed E-state index contributed by atoms with van der Waals surface area (Å²) in [5.41, 5.74) is 6.14. The second-order valence-electron chi connectivity index (χ2n) is 11.9. The first kappa shape index (κ1) is 30.7. The fourth-order valence-corrected chi connectivity index (χ4v) is 6.54. The molecule has 1 saturated heterocycles. The predicted molar refractivity (Wildman–Crippen MR) is 166 cm³/mol. The highest BCUT2D eigenvalue weighted by molar-refractivity contribution is 7.80. The molecule has 224 valence electrons. The van der Waals surface area contributed by atoms with Crippen LogP contribution in [0.3, 0.4) is 0 Å². The molecule has 0 atom stereocenters. The molecule has 0 spiro atoms. The molecule has 40 heavy (non-hydrogen) atoms. The first-order chi connectivity index (χ1) is 19.5. The van der Waals surface area contributed by atoms with Gasteiger partial charge in [0.2, 0.25) is 5.95 Å². The van der Waals surface area contributed by atoms with Crippen molar-refractivity contribution in [1.29, 1.82) is 0 Å². The van der Waals surface area contributed by atoms with Crippen molar-refractivity contribution in [3.05, 3.63) is 6.07 Å². The van der Waals surface area contributed by atoms with Gasteiger partial charge in [0.15, 0.2) is 0 Å². The van der Waals surface area contributed by atoms with Crippen LogP contribution in [0, 0.1) is 11.8 Å². The molecule has 1 aromatic rings. The molecule has 1 aliphatic heterocycles. The summed E-state index contributed by atoms with van der Waals surface area (Å²) in [7, 11) is 0. The van der Waals surface area contributed by atoms with E-state index in [9.17, 15) is 4.79 Å². The molecular formula is C29H50N8O2S. The van der Waals surface area contributed by atoms with Gasteiger partial charge < -0.3 is 36.6 Å². The molecule has 2 saturated carbocycles. The quantitative estimate of drug-likeness (QED) is 0.165. The van der Waals surface area contributed by atoms with Crippen LogP contribution < -0.4 is 26.6 Å². The van der Waals surface area contributed by atoms with Crippen molar-refractivity contribution >= 4 is 40.8 Å². The van der Waals surface area contributed by atoms with Crippen LogP contribution in [-0.4, -0.2) is 89.3 Å². The first-order valence-corrected chi connectivity index (χ1v) is 15.9. The smallest absolute Gasteiger partial charge is 0.303 e. The fraction of sp³-hybridized carbons (Fsp3) is 0.793. The second-order valence-corrected chi connectivity index (χ2v) is 12.3. The topological polar surface area (TPSA) is 132 Å². The number of thiocarbonyl (C=S) groups is 1. The molecule has 6 N–H and O–H groups in total. The van der Waals surface area contributed by atoms with Crippen molar-refractivity contribution in [2.24, 2.45) is 11.8 Å². The number of nitrogens with one attached hydrogen (secondary N) is 3. The lowest BCUT2D eigenvalue weighted by atomic mass is 9.82. The van der Waals surface area contributed by atoms with E-state index in [0.29, 0.717) is 24.1 Å². The number of carboxylic acids is 1. The van der Waals surface area contributed by atoms with Gasteiger partial charge in [-0.05, 0) is 76.4 Å². The van der Waals surface area contributed by atoms with Crippen molar-refractivity contribution in [2.75, 3.05) is 68.3 Å². The predicted octanol–water partition coefficient (Wildman–Crippen LogP) is 3.49. The van der Waals surface area contributed by atoms with Gasteiger partial charge >= 0.3 is 5.97 Å². The Bertz CT molecular complexity index is 929. The summed E-state index contributed by atoms with van der Waals surface area (Å²) < 4.78 is 0. The molecule has 1 aromatic heterocycles. The van der Waals surface area contributed by atoms with E-state index in [1.165, 1.54) is 64.2 Å². The third kappa shape index (κ3) is 10.3. The van der Waals surface area contributed by atoms with Crippen molar-refractivity contribution in [1.82, 2.24) is 25.5 Å². The zero-order valence-corrected chi connectivity index (χ0v) is 24.9. The summed E-state index contributed by atoms with van der Waals surface area (Å²) in [6.07, 6.45) is 13.7. The van der Waals surface area contributed by atoms with Crippen molar-refractivity contribution in [2.45, 2.75) is 83.1 Å². The van der Waals surface area contributed by atoms with E-state index in [-0.39, 0.29) is 6.42 Å². The highest BCUT2D eigenvalue weighted by Gasteiger charge is 2.23. The Hall–Kier alpha value is -2.24. The zero-order valence-electron chi connectivity index (χ0n) is 24.1. The van der Waals surface area contributed by atoms with Crippen LogP contribution in [0.25, 0.3) is 0 Å². The molecule has 2 aliphatic carbocycles. The molecule has 0 radical (unpaired) electrons. The van der Waals surface area contributed by atoms with E-state index < -0.39 is 5.97 Å². The van der Waals surface area contributed by atoms with E-state index in [0.717, 1.165) is 75.1 Å². The monoisotopic (exact) mass is 574 g/mol. The number of aliphatic carboxylic acids is 1. The number of carboxylic acid groups (broad SMARTS) is 1. The fourth-order valence-electron chi connectivity index (χ4n) is 6.26. The first-order valence-electron chi connectivity index (χ1n) is 15.5. The van der Waals surface area contributed by atoms with Gasteiger partial charge in [-0.25, -0.2) is 0 Å². The summed E-state index contributed by atoms with van der Waals surface area (Å²) in [6, 6.07) is 2.59. The zero-order chi connectivity index (χ0) is 28.2. The number of anilines is 3. The van der Waals surface area contributed by atoms with Crippen LogP contribution in [0.2, 0.25) is 0 Å². The maximum absolute atomic E-state index is 10.8. The Morgan fingerprint density at radius 3 is 2.35 bits per heavy atom. The van der Waals surface area contributed by atoms with Crippen LogP contribution in [0.1, 0.15) is 77.0 Å². The number of piperazine rings is 1. The van der Waals surface area contributed by atoms with Crippen LogP contribution in [0.4, 0.5) is 17.6 Å². The maximum Gasteiger partial charge on any atom is 0.303 e. The minimum absolute atomic E-state index is 0.0767. The molecular weight excluding hydrogens is 524 g/mol. The van der Waals surface area contributed by atoms with Gasteiger partial charge in [0.1, 0.15) is 11.6 Å². The lowest BCUT2D eigenvalue weighted by molar-refractivity contribution is -0.136. The molecule has 0 aromatic carbocycles. The van der Waals surface area contributed by atoms with E-state index in [4.69, 9.17) is 28.0 Å². The number of nitrogen functional groups attached to an aromatic ring is 1. The summed E-state index contributed by atoms with van der Waals surface area (Å²) in [6.45, 7) is 7.30. The van der Waals surface area contributed by atoms with Gasteiger partial charge in [-0.1, -0.05) is 31.5 Å². The average Bonchev–Trinajstić information content (AvgIpc) is 2.97. The number of nitrogens with zero attached hydrogens (tertiary/aromatic N) is 4. The van der Waals surface area contributed by atoms with Gasteiger partial charge in [0, 0.05) is 51.3 Å². The summed E-state index contributed by atoms with van der Waals surface area (Å²) in [4.78, 5) is 25.1. The number of hydrogen-bond acceptors (Lipinski definition) is 9. The average molecular weight is 575 g/mol. The SMILES string of the molecule is Nc1cc(N2CCN(C(=S)CCC(=O)O)CC2)nc(NCC2CCC(CNCCCNC3CCCCC3)CC2)n1. The lowest BCUT2D eigenvalue weighted by Gasteiger charge is -2.37. The Labute approximate surface area is 245 Å². The lowest BCUT2D eigenvalue weighted by Crippen LogP contribution is -2.48. The minimum atomic E-state index is -0.814. The largest absolute Gasteiger partial charge is 0.481 e. The third-order valence-corrected chi connectivity index (χ3v) is 9.22. The molecule has 3 aliphatic rings. The number of rotatable bonds is 14. The van der Waals surface area contributed by atoms with Crippen LogP contribution in [0.15, 0.2) is 6.07 Å². The Balaban J connectivity index is 1.10. The molecule has 11 heteroatoms. The van der Waals surface area contributed by atoms with Crippen LogP contribution in [0.5, 0.6) is 0 Å². The van der Waals surface area contributed by atoms with Gasteiger partial charge in [-0.2, -0.15) is 9.97 Å². The molecule has 2 heterocycles. The van der Waals surface area contributed by atoms with Gasteiger partial charge in [-0.15, -0.1) is 0 Å². The van der Waals surface area contributed by atoms with Crippen LogP contribution in [-0.2, 0) is 4.79 Å². The molecule has 4 rings (SSSR count). The van der Waals surface area contributed by atoms with Gasteiger partial charge in [-0.3, -0.25) is 4.79 Å². The second kappa shape index (κ2) is 16.3. The number of nitrogens with two attached hydrogens (primary N) is 1. The Morgan fingerprint density at radius 1 is 0.950 bits per heavy atom. The molecule has 3 fully saturated rings. The van der Waals surface area contributed by atoms with E-state index in [1.54, 1.807) is 0 Å². The van der Waals surface area contributed by atoms with Crippen molar-refractivity contribution < 1.29 is 9.90 Å². The van der Waals surface area contributed by atoms with Crippen molar-refractivity contribution in [3.8, 4) is 0 Å².